The van der Waals surface area contributed by atoms with Gasteiger partial charge >= 0.3 is 0 Å². The van der Waals surface area contributed by atoms with Crippen LogP contribution in [-0.2, 0) is 0 Å². The molecule has 2 heterocycles. The van der Waals surface area contributed by atoms with Gasteiger partial charge in [0.1, 0.15) is 0 Å². The number of carbonyl (C=O) groups excluding carboxylic acids is 1. The Balaban J connectivity index is 1.89. The van der Waals surface area contributed by atoms with Crippen LogP contribution in [0.4, 0.5) is 0 Å². The van der Waals surface area contributed by atoms with E-state index in [-0.39, 0.29) is 5.91 Å². The summed E-state index contributed by atoms with van der Waals surface area (Å²) in [4.78, 5) is 22.1. The molecule has 122 valence electrons. The summed E-state index contributed by atoms with van der Waals surface area (Å²) in [5.41, 5.74) is 3.76. The zero-order valence-electron chi connectivity index (χ0n) is 14.3. The second-order valence-corrected chi connectivity index (χ2v) is 6.42. The van der Waals surface area contributed by atoms with Crippen LogP contribution in [0.15, 0.2) is 24.3 Å². The van der Waals surface area contributed by atoms with Crippen molar-refractivity contribution in [2.75, 3.05) is 32.7 Å². The maximum absolute atomic E-state index is 13.0. The molecule has 0 N–H and O–H groups in total. The molecule has 2 aromatic rings. The van der Waals surface area contributed by atoms with E-state index in [2.05, 4.69) is 16.8 Å². The van der Waals surface area contributed by atoms with E-state index >= 15 is 0 Å². The maximum Gasteiger partial charge on any atom is 0.254 e. The minimum absolute atomic E-state index is 0.141. The van der Waals surface area contributed by atoms with Crippen molar-refractivity contribution in [2.24, 2.45) is 0 Å². The Labute approximate surface area is 138 Å². The van der Waals surface area contributed by atoms with Crippen molar-refractivity contribution in [3.8, 4) is 0 Å². The van der Waals surface area contributed by atoms with Gasteiger partial charge in [-0.2, -0.15) is 0 Å². The van der Waals surface area contributed by atoms with Crippen molar-refractivity contribution in [3.63, 3.8) is 0 Å². The first-order valence-corrected chi connectivity index (χ1v) is 8.48. The predicted molar refractivity (Wildman–Crippen MR) is 93.9 cm³/mol. The number of piperazine rings is 1. The lowest BCUT2D eigenvalue weighted by Gasteiger charge is -2.34. The van der Waals surface area contributed by atoms with Gasteiger partial charge in [0.15, 0.2) is 0 Å². The molecule has 0 bridgehead atoms. The quantitative estimate of drug-likeness (QED) is 0.874. The molecule has 0 aliphatic carbocycles. The number of aromatic nitrogens is 1. The predicted octanol–water partition coefficient (Wildman–Crippen LogP) is 3.02. The van der Waals surface area contributed by atoms with Crippen molar-refractivity contribution < 1.29 is 4.79 Å². The fourth-order valence-electron chi connectivity index (χ4n) is 3.36. The Morgan fingerprint density at radius 3 is 2.61 bits per heavy atom. The number of aryl methyl sites for hydroxylation is 2. The van der Waals surface area contributed by atoms with E-state index in [1.807, 2.05) is 43.0 Å². The van der Waals surface area contributed by atoms with E-state index < -0.39 is 0 Å². The van der Waals surface area contributed by atoms with Crippen LogP contribution in [-0.4, -0.2) is 53.4 Å². The van der Waals surface area contributed by atoms with Crippen LogP contribution in [0.25, 0.3) is 10.9 Å². The molecule has 0 atom stereocenters. The van der Waals surface area contributed by atoms with Gasteiger partial charge in [-0.25, -0.2) is 0 Å². The van der Waals surface area contributed by atoms with E-state index in [4.69, 9.17) is 0 Å². The summed E-state index contributed by atoms with van der Waals surface area (Å²) in [5, 5.41) is 0.969. The normalized spacial score (nSPS) is 16.0. The van der Waals surface area contributed by atoms with Crippen molar-refractivity contribution in [1.82, 2.24) is 14.8 Å². The molecule has 0 unspecified atom stereocenters. The number of nitrogens with zero attached hydrogens (tertiary/aromatic N) is 3. The van der Waals surface area contributed by atoms with Crippen molar-refractivity contribution in [1.29, 1.82) is 0 Å². The lowest BCUT2D eigenvalue weighted by Crippen LogP contribution is -2.48. The van der Waals surface area contributed by atoms with Crippen LogP contribution in [0.1, 0.15) is 35.0 Å². The third-order valence-corrected chi connectivity index (χ3v) is 4.60. The molecule has 3 rings (SSSR count). The fourth-order valence-corrected chi connectivity index (χ4v) is 3.36. The number of fused-ring (bicyclic) bond motifs is 1. The molecule has 23 heavy (non-hydrogen) atoms. The summed E-state index contributed by atoms with van der Waals surface area (Å²) in [6, 6.07) is 8.00. The van der Waals surface area contributed by atoms with Gasteiger partial charge in [-0.15, -0.1) is 0 Å². The fraction of sp³-hybridized carbons (Fsp3) is 0.474. The first-order chi connectivity index (χ1) is 11.1. The van der Waals surface area contributed by atoms with Gasteiger partial charge in [0, 0.05) is 37.3 Å². The molecule has 4 heteroatoms. The van der Waals surface area contributed by atoms with Crippen LogP contribution < -0.4 is 0 Å². The van der Waals surface area contributed by atoms with Gasteiger partial charge in [0.2, 0.25) is 0 Å². The van der Waals surface area contributed by atoms with Crippen molar-refractivity contribution in [2.45, 2.75) is 27.2 Å². The number of amides is 1. The third-order valence-electron chi connectivity index (χ3n) is 4.60. The van der Waals surface area contributed by atoms with Gasteiger partial charge in [-0.05, 0) is 38.4 Å². The van der Waals surface area contributed by atoms with Crippen LogP contribution >= 0.6 is 0 Å². The van der Waals surface area contributed by atoms with Gasteiger partial charge in [-0.1, -0.05) is 25.1 Å². The molecule has 4 nitrogen and oxygen atoms in total. The highest BCUT2D eigenvalue weighted by Gasteiger charge is 2.23. The van der Waals surface area contributed by atoms with Gasteiger partial charge in [-0.3, -0.25) is 14.7 Å². The molecule has 1 aliphatic heterocycles. The summed E-state index contributed by atoms with van der Waals surface area (Å²) in [6.07, 6.45) is 1.17. The molecule has 1 aliphatic rings. The number of pyridine rings is 1. The average molecular weight is 311 g/mol. The van der Waals surface area contributed by atoms with E-state index in [0.717, 1.165) is 60.4 Å². The lowest BCUT2D eigenvalue weighted by molar-refractivity contribution is 0.0639. The third kappa shape index (κ3) is 3.22. The molecular weight excluding hydrogens is 286 g/mol. The highest BCUT2D eigenvalue weighted by molar-refractivity contribution is 6.06. The first-order valence-electron chi connectivity index (χ1n) is 8.48. The number of hydrogen-bond acceptors (Lipinski definition) is 3. The summed E-state index contributed by atoms with van der Waals surface area (Å²) in [7, 11) is 0. The minimum Gasteiger partial charge on any atom is -0.336 e. The van der Waals surface area contributed by atoms with Gasteiger partial charge in [0.25, 0.3) is 5.91 Å². The monoisotopic (exact) mass is 311 g/mol. The number of para-hydroxylation sites is 1. The van der Waals surface area contributed by atoms with Crippen LogP contribution in [0.2, 0.25) is 0 Å². The largest absolute Gasteiger partial charge is 0.336 e. The van der Waals surface area contributed by atoms with Crippen molar-refractivity contribution in [3.05, 3.63) is 41.1 Å². The smallest absolute Gasteiger partial charge is 0.254 e. The van der Waals surface area contributed by atoms with E-state index in [1.54, 1.807) is 0 Å². The molecule has 0 saturated carbocycles. The van der Waals surface area contributed by atoms with Crippen LogP contribution in [0.3, 0.4) is 0 Å². The number of carbonyl (C=O) groups is 1. The van der Waals surface area contributed by atoms with Crippen LogP contribution in [0.5, 0.6) is 0 Å². The van der Waals surface area contributed by atoms with E-state index in [1.165, 1.54) is 6.42 Å². The second-order valence-electron chi connectivity index (χ2n) is 6.42. The number of benzene rings is 1. The molecule has 1 aromatic heterocycles. The molecule has 0 radical (unpaired) electrons. The zero-order valence-corrected chi connectivity index (χ0v) is 14.3. The van der Waals surface area contributed by atoms with Crippen molar-refractivity contribution >= 4 is 16.8 Å². The van der Waals surface area contributed by atoms with Crippen LogP contribution in [0, 0.1) is 13.8 Å². The molecule has 1 amide bonds. The number of rotatable bonds is 3. The Bertz CT molecular complexity index is 718. The Kier molecular flexibility index (Phi) is 4.62. The number of hydrogen-bond donors (Lipinski definition) is 0. The summed E-state index contributed by atoms with van der Waals surface area (Å²) in [6.45, 7) is 10.9. The molecular formula is C19H25N3O. The van der Waals surface area contributed by atoms with Gasteiger partial charge < -0.3 is 4.90 Å². The molecule has 1 aromatic carbocycles. The Morgan fingerprint density at radius 2 is 1.91 bits per heavy atom. The molecule has 1 saturated heterocycles. The average Bonchev–Trinajstić information content (AvgIpc) is 2.55. The molecule has 1 fully saturated rings. The maximum atomic E-state index is 13.0. The van der Waals surface area contributed by atoms with E-state index in [9.17, 15) is 4.79 Å². The highest BCUT2D eigenvalue weighted by Crippen LogP contribution is 2.23. The first kappa shape index (κ1) is 15.9. The lowest BCUT2D eigenvalue weighted by atomic mass is 10.0. The Morgan fingerprint density at radius 1 is 1.17 bits per heavy atom. The minimum atomic E-state index is 0.141. The van der Waals surface area contributed by atoms with E-state index in [0.29, 0.717) is 0 Å². The molecule has 0 spiro atoms. The summed E-state index contributed by atoms with van der Waals surface area (Å²) < 4.78 is 0. The van der Waals surface area contributed by atoms with Gasteiger partial charge in [0.05, 0.1) is 11.1 Å². The highest BCUT2D eigenvalue weighted by atomic mass is 16.2. The SMILES string of the molecule is CCCN1CCN(C(=O)c2cc(C)nc3c(C)cccc23)CC1. The Hall–Kier alpha value is -1.94. The summed E-state index contributed by atoms with van der Waals surface area (Å²) >= 11 is 0. The standard InChI is InChI=1S/C19H25N3O/c1-4-8-21-9-11-22(12-10-21)19(23)17-13-15(3)20-18-14(2)6-5-7-16(17)18/h5-7,13H,4,8-12H2,1-3H3. The topological polar surface area (TPSA) is 36.4 Å². The summed E-state index contributed by atoms with van der Waals surface area (Å²) in [5.74, 6) is 0.141. The zero-order chi connectivity index (χ0) is 16.4. The second kappa shape index (κ2) is 6.67.